The van der Waals surface area contributed by atoms with Gasteiger partial charge in [0.15, 0.2) is 0 Å². The van der Waals surface area contributed by atoms with Crippen molar-refractivity contribution in [1.29, 1.82) is 0 Å². The van der Waals surface area contributed by atoms with Crippen molar-refractivity contribution in [2.75, 3.05) is 22.3 Å². The molecule has 46 heavy (non-hydrogen) atoms. The summed E-state index contributed by atoms with van der Waals surface area (Å²) in [7, 11) is -3.90. The molecule has 2 aliphatic rings. The van der Waals surface area contributed by atoms with Crippen LogP contribution in [-0.4, -0.2) is 41.1 Å². The van der Waals surface area contributed by atoms with Gasteiger partial charge in [0.2, 0.25) is 5.88 Å². The van der Waals surface area contributed by atoms with E-state index in [1.165, 1.54) is 19.3 Å². The van der Waals surface area contributed by atoms with E-state index in [9.17, 15) is 13.5 Å². The van der Waals surface area contributed by atoms with Crippen molar-refractivity contribution in [1.82, 2.24) is 19.3 Å². The Labute approximate surface area is 277 Å². The van der Waals surface area contributed by atoms with Crippen LogP contribution in [0.15, 0.2) is 103 Å². The lowest BCUT2D eigenvalue weighted by Gasteiger charge is -2.27. The fourth-order valence-corrected chi connectivity index (χ4v) is 7.38. The standard InChI is InChI=1S/C34H30Cl2N6O3S/c35-26-9-14-29(30(36)19-26)31-21-41(27-10-12-28(13-11-27)42-22-34(43)39-46(42,44)45)33(38-31)18-23-4-6-24(7-5-23)25-8-15-32(37-20-25)40-16-2-1-3-17-40/h4-15,19-22,39,43H,1-3,16-18H2. The van der Waals surface area contributed by atoms with Crippen molar-refractivity contribution < 1.29 is 13.5 Å². The number of hydrogen-bond acceptors (Lipinski definition) is 6. The van der Waals surface area contributed by atoms with Crippen LogP contribution in [0.4, 0.5) is 11.5 Å². The quantitative estimate of drug-likeness (QED) is 0.186. The summed E-state index contributed by atoms with van der Waals surface area (Å²) < 4.78 is 29.7. The third-order valence-electron chi connectivity index (χ3n) is 8.18. The van der Waals surface area contributed by atoms with Gasteiger partial charge in [0.05, 0.1) is 22.6 Å². The number of aliphatic hydroxyl groups is 1. The number of imidazole rings is 1. The average Bonchev–Trinajstić information content (AvgIpc) is 3.60. The Hall–Kier alpha value is -4.51. The molecule has 234 valence electrons. The second kappa shape index (κ2) is 12.4. The molecular weight excluding hydrogens is 643 g/mol. The lowest BCUT2D eigenvalue weighted by atomic mass is 10.0. The second-order valence-electron chi connectivity index (χ2n) is 11.3. The van der Waals surface area contributed by atoms with E-state index in [0.29, 0.717) is 27.8 Å². The number of nitrogens with zero attached hydrogens (tertiary/aromatic N) is 5. The van der Waals surface area contributed by atoms with Gasteiger partial charge in [-0.2, -0.15) is 8.42 Å². The summed E-state index contributed by atoms with van der Waals surface area (Å²) in [5, 5.41) is 10.7. The Morgan fingerprint density at radius 2 is 1.57 bits per heavy atom. The molecule has 0 aliphatic carbocycles. The van der Waals surface area contributed by atoms with Crippen molar-refractivity contribution in [3.63, 3.8) is 0 Å². The number of piperidine rings is 1. The lowest BCUT2D eigenvalue weighted by Crippen LogP contribution is -2.29. The molecule has 0 saturated carbocycles. The third-order valence-corrected chi connectivity index (χ3v) is 10.0. The molecule has 12 heteroatoms. The SMILES string of the molecule is O=S1(=O)NC(O)=CN1c1ccc(-n2cc(-c3ccc(Cl)cc3Cl)nc2Cc2ccc(-c3ccc(N4CCCCC4)nc3)cc2)cc1. The van der Waals surface area contributed by atoms with Crippen molar-refractivity contribution >= 4 is 44.9 Å². The van der Waals surface area contributed by atoms with Gasteiger partial charge in [0, 0.05) is 53.7 Å². The van der Waals surface area contributed by atoms with Gasteiger partial charge < -0.3 is 14.6 Å². The molecule has 5 aromatic rings. The molecule has 1 saturated heterocycles. The van der Waals surface area contributed by atoms with Gasteiger partial charge in [-0.25, -0.2) is 19.0 Å². The minimum absolute atomic E-state index is 0.372. The highest BCUT2D eigenvalue weighted by molar-refractivity contribution is 7.91. The van der Waals surface area contributed by atoms with Gasteiger partial charge in [-0.15, -0.1) is 0 Å². The third kappa shape index (κ3) is 6.16. The molecule has 0 unspecified atom stereocenters. The Bertz CT molecular complexity index is 2020. The minimum atomic E-state index is -3.90. The lowest BCUT2D eigenvalue weighted by molar-refractivity contribution is 0.392. The summed E-state index contributed by atoms with van der Waals surface area (Å²) in [6, 6.07) is 24.9. The number of aliphatic hydroxyl groups excluding tert-OH is 1. The van der Waals surface area contributed by atoms with Gasteiger partial charge in [-0.3, -0.25) is 0 Å². The van der Waals surface area contributed by atoms with Crippen LogP contribution < -0.4 is 13.9 Å². The number of aromatic nitrogens is 3. The first-order valence-corrected chi connectivity index (χ1v) is 17.1. The molecule has 0 atom stereocenters. The number of halogens is 2. The molecule has 9 nitrogen and oxygen atoms in total. The van der Waals surface area contributed by atoms with Crippen molar-refractivity contribution in [2.45, 2.75) is 25.7 Å². The van der Waals surface area contributed by atoms with Crippen LogP contribution in [0.1, 0.15) is 30.7 Å². The molecule has 0 bridgehead atoms. The van der Waals surface area contributed by atoms with Gasteiger partial charge in [0.25, 0.3) is 0 Å². The van der Waals surface area contributed by atoms with Crippen molar-refractivity contribution in [3.8, 4) is 28.1 Å². The maximum Gasteiger partial charge on any atom is 0.330 e. The van der Waals surface area contributed by atoms with E-state index in [1.54, 1.807) is 36.4 Å². The van der Waals surface area contributed by atoms with E-state index in [0.717, 1.165) is 63.2 Å². The molecule has 7 rings (SSSR count). The highest BCUT2D eigenvalue weighted by atomic mass is 35.5. The number of benzene rings is 3. The molecule has 2 aromatic heterocycles. The normalized spacial score (nSPS) is 15.9. The van der Waals surface area contributed by atoms with Gasteiger partial charge in [-0.05, 0) is 85.0 Å². The van der Waals surface area contributed by atoms with Crippen molar-refractivity contribution in [2.24, 2.45) is 0 Å². The summed E-state index contributed by atoms with van der Waals surface area (Å²) in [4.78, 5) is 12.1. The van der Waals surface area contributed by atoms with Crippen LogP contribution in [0, 0.1) is 0 Å². The van der Waals surface area contributed by atoms with Gasteiger partial charge in [-0.1, -0.05) is 47.5 Å². The molecule has 2 aliphatic heterocycles. The van der Waals surface area contributed by atoms with E-state index in [2.05, 4.69) is 46.0 Å². The second-order valence-corrected chi connectivity index (χ2v) is 13.7. The Kier molecular flexibility index (Phi) is 8.10. The maximum absolute atomic E-state index is 12.4. The Morgan fingerprint density at radius 1 is 0.848 bits per heavy atom. The summed E-state index contributed by atoms with van der Waals surface area (Å²) in [5.41, 5.74) is 5.78. The predicted octanol–water partition coefficient (Wildman–Crippen LogP) is 7.50. The molecule has 0 spiro atoms. The van der Waals surface area contributed by atoms with Crippen LogP contribution in [0.3, 0.4) is 0 Å². The topological polar surface area (TPSA) is 104 Å². The molecule has 0 amide bonds. The summed E-state index contributed by atoms with van der Waals surface area (Å²) in [6.45, 7) is 2.12. The maximum atomic E-state index is 12.4. The molecule has 0 radical (unpaired) electrons. The first-order chi connectivity index (χ1) is 22.2. The number of nitrogens with one attached hydrogen (secondary N) is 1. The van der Waals surface area contributed by atoms with Crippen LogP contribution in [-0.2, 0) is 16.6 Å². The molecule has 1 fully saturated rings. The van der Waals surface area contributed by atoms with Gasteiger partial charge >= 0.3 is 10.2 Å². The van der Waals surface area contributed by atoms with Crippen LogP contribution in [0.2, 0.25) is 10.0 Å². The molecule has 3 aromatic carbocycles. The molecule has 2 N–H and O–H groups in total. The summed E-state index contributed by atoms with van der Waals surface area (Å²) in [5.74, 6) is 1.36. The fraction of sp³-hybridized carbons (Fsp3) is 0.176. The first kappa shape index (κ1) is 30.2. The highest BCUT2D eigenvalue weighted by Gasteiger charge is 2.28. The summed E-state index contributed by atoms with van der Waals surface area (Å²) >= 11 is 12.7. The Morgan fingerprint density at radius 3 is 2.22 bits per heavy atom. The number of pyridine rings is 1. The number of hydrogen-bond donors (Lipinski definition) is 2. The zero-order valence-corrected chi connectivity index (χ0v) is 27.0. The monoisotopic (exact) mass is 672 g/mol. The van der Waals surface area contributed by atoms with Crippen LogP contribution in [0.5, 0.6) is 0 Å². The minimum Gasteiger partial charge on any atom is -0.493 e. The fourth-order valence-electron chi connectivity index (χ4n) is 5.82. The summed E-state index contributed by atoms with van der Waals surface area (Å²) in [6.07, 6.45) is 9.22. The zero-order chi connectivity index (χ0) is 31.8. The first-order valence-electron chi connectivity index (χ1n) is 14.9. The van der Waals surface area contributed by atoms with Gasteiger partial charge in [0.1, 0.15) is 11.6 Å². The van der Waals surface area contributed by atoms with Crippen molar-refractivity contribution in [3.05, 3.63) is 125 Å². The zero-order valence-electron chi connectivity index (χ0n) is 24.6. The molecule has 4 heterocycles. The predicted molar refractivity (Wildman–Crippen MR) is 183 cm³/mol. The average molecular weight is 674 g/mol. The molecular formula is C34H30Cl2N6O3S. The Balaban J connectivity index is 1.17. The van der Waals surface area contributed by atoms with E-state index < -0.39 is 16.1 Å². The number of anilines is 2. The van der Waals surface area contributed by atoms with Crippen LogP contribution in [0.25, 0.3) is 28.1 Å². The number of rotatable bonds is 7. The van der Waals surface area contributed by atoms with E-state index in [4.69, 9.17) is 33.2 Å². The largest absolute Gasteiger partial charge is 0.493 e. The van der Waals surface area contributed by atoms with E-state index in [1.807, 2.05) is 23.0 Å². The highest BCUT2D eigenvalue weighted by Crippen LogP contribution is 2.32. The van der Waals surface area contributed by atoms with E-state index in [-0.39, 0.29) is 0 Å². The van der Waals surface area contributed by atoms with Crippen LogP contribution >= 0.6 is 23.2 Å². The van der Waals surface area contributed by atoms with E-state index >= 15 is 0 Å². The smallest absolute Gasteiger partial charge is 0.330 e.